The lowest BCUT2D eigenvalue weighted by Crippen LogP contribution is -2.34. The van der Waals surface area contributed by atoms with Gasteiger partial charge in [-0.05, 0) is 32.9 Å². The van der Waals surface area contributed by atoms with E-state index in [2.05, 4.69) is 10.2 Å². The van der Waals surface area contributed by atoms with Crippen LogP contribution in [0, 0.1) is 0 Å². The summed E-state index contributed by atoms with van der Waals surface area (Å²) in [7, 11) is 1.81. The van der Waals surface area contributed by atoms with Gasteiger partial charge in [0.15, 0.2) is 5.82 Å². The molecule has 0 unspecified atom stereocenters. The van der Waals surface area contributed by atoms with Gasteiger partial charge >= 0.3 is 5.97 Å². The van der Waals surface area contributed by atoms with Gasteiger partial charge in [0.1, 0.15) is 11.2 Å². The zero-order valence-corrected chi connectivity index (χ0v) is 13.3. The number of esters is 1. The number of carbonyl (C=O) groups is 1. The second-order valence-electron chi connectivity index (χ2n) is 5.23. The summed E-state index contributed by atoms with van der Waals surface area (Å²) in [6.45, 7) is 5.65. The molecule has 0 spiro atoms. The average Bonchev–Trinajstić information content (AvgIpc) is 2.82. The number of hydrogen-bond donors (Lipinski definition) is 0. The summed E-state index contributed by atoms with van der Waals surface area (Å²) < 4.78 is 6.88. The minimum Gasteiger partial charge on any atom is -0.465 e. The minimum absolute atomic E-state index is 0.328. The van der Waals surface area contributed by atoms with Crippen LogP contribution in [-0.2, 0) is 22.0 Å². The molecule has 0 aliphatic rings. The van der Waals surface area contributed by atoms with Crippen molar-refractivity contribution >= 4 is 17.6 Å². The number of aromatic nitrogens is 3. The Balaban J connectivity index is 2.47. The highest BCUT2D eigenvalue weighted by Gasteiger charge is 2.37. The number of benzene rings is 1. The quantitative estimate of drug-likeness (QED) is 0.815. The molecule has 2 rings (SSSR count). The first kappa shape index (κ1) is 15.5. The predicted octanol–water partition coefficient (Wildman–Crippen LogP) is 2.98. The van der Waals surface area contributed by atoms with Crippen molar-refractivity contribution < 1.29 is 9.53 Å². The van der Waals surface area contributed by atoms with Crippen molar-refractivity contribution in [2.75, 3.05) is 6.61 Å². The molecule has 1 aromatic heterocycles. The second-order valence-corrected chi connectivity index (χ2v) is 5.64. The molecule has 6 heteroatoms. The van der Waals surface area contributed by atoms with Gasteiger partial charge in [-0.1, -0.05) is 23.7 Å². The van der Waals surface area contributed by atoms with Crippen molar-refractivity contribution in [2.24, 2.45) is 7.05 Å². The smallest absolute Gasteiger partial charge is 0.319 e. The van der Waals surface area contributed by atoms with E-state index in [-0.39, 0.29) is 5.97 Å². The van der Waals surface area contributed by atoms with Crippen molar-refractivity contribution in [1.82, 2.24) is 14.8 Å². The fourth-order valence-electron chi connectivity index (χ4n) is 2.15. The normalized spacial score (nSPS) is 11.5. The maximum atomic E-state index is 12.1. The Bertz CT molecular complexity index is 665. The Morgan fingerprint density at radius 1 is 1.33 bits per heavy atom. The minimum atomic E-state index is -0.878. The Morgan fingerprint density at radius 2 is 2.00 bits per heavy atom. The summed E-state index contributed by atoms with van der Waals surface area (Å²) in [5, 5.41) is 8.93. The Morgan fingerprint density at radius 3 is 2.62 bits per heavy atom. The molecule has 5 nitrogen and oxygen atoms in total. The molecule has 0 amide bonds. The van der Waals surface area contributed by atoms with Gasteiger partial charge in [-0.2, -0.15) is 0 Å². The zero-order valence-electron chi connectivity index (χ0n) is 12.6. The molecule has 0 aliphatic heterocycles. The van der Waals surface area contributed by atoms with Gasteiger partial charge in [-0.15, -0.1) is 10.2 Å². The third kappa shape index (κ3) is 2.78. The van der Waals surface area contributed by atoms with Crippen molar-refractivity contribution in [3.8, 4) is 11.4 Å². The highest BCUT2D eigenvalue weighted by Crippen LogP contribution is 2.30. The molecule has 112 valence electrons. The van der Waals surface area contributed by atoms with Gasteiger partial charge < -0.3 is 9.30 Å². The van der Waals surface area contributed by atoms with E-state index in [0.29, 0.717) is 23.3 Å². The van der Waals surface area contributed by atoms with Gasteiger partial charge in [-0.3, -0.25) is 4.79 Å². The van der Waals surface area contributed by atoms with Crippen LogP contribution in [0.25, 0.3) is 11.4 Å². The van der Waals surface area contributed by atoms with Crippen molar-refractivity contribution in [3.63, 3.8) is 0 Å². The van der Waals surface area contributed by atoms with Crippen LogP contribution in [0.2, 0.25) is 5.02 Å². The summed E-state index contributed by atoms with van der Waals surface area (Å²) in [5.74, 6) is 0.829. The van der Waals surface area contributed by atoms with Gasteiger partial charge in [-0.25, -0.2) is 0 Å². The second kappa shape index (κ2) is 5.85. The van der Waals surface area contributed by atoms with Gasteiger partial charge in [0.2, 0.25) is 0 Å². The highest BCUT2D eigenvalue weighted by atomic mass is 35.5. The standard InChI is InChI=1S/C15H18ClN3O2/c1-5-21-14(20)15(2,3)13-18-17-12(19(13)4)10-8-6-7-9-11(10)16/h6-9H,5H2,1-4H3. The first-order valence-electron chi connectivity index (χ1n) is 6.71. The molecule has 21 heavy (non-hydrogen) atoms. The highest BCUT2D eigenvalue weighted by molar-refractivity contribution is 6.33. The van der Waals surface area contributed by atoms with E-state index >= 15 is 0 Å². The molecular formula is C15H18ClN3O2. The van der Waals surface area contributed by atoms with E-state index in [0.717, 1.165) is 5.56 Å². The largest absolute Gasteiger partial charge is 0.465 e. The van der Waals surface area contributed by atoms with Gasteiger partial charge in [0, 0.05) is 12.6 Å². The van der Waals surface area contributed by atoms with E-state index in [1.165, 1.54) is 0 Å². The van der Waals surface area contributed by atoms with Crippen LogP contribution in [-0.4, -0.2) is 27.3 Å². The lowest BCUT2D eigenvalue weighted by molar-refractivity contribution is -0.149. The lowest BCUT2D eigenvalue weighted by Gasteiger charge is -2.21. The van der Waals surface area contributed by atoms with Crippen molar-refractivity contribution in [1.29, 1.82) is 0 Å². The summed E-state index contributed by atoms with van der Waals surface area (Å²) >= 11 is 6.19. The summed E-state index contributed by atoms with van der Waals surface area (Å²) in [5.41, 5.74) is -0.0999. The molecule has 0 saturated heterocycles. The monoisotopic (exact) mass is 307 g/mol. The molecule has 0 bridgehead atoms. The van der Waals surface area contributed by atoms with Crippen LogP contribution in [0.1, 0.15) is 26.6 Å². The molecule has 0 N–H and O–H groups in total. The molecule has 0 radical (unpaired) electrons. The number of rotatable bonds is 4. The van der Waals surface area contributed by atoms with Crippen LogP contribution >= 0.6 is 11.6 Å². The third-order valence-electron chi connectivity index (χ3n) is 3.33. The van der Waals surface area contributed by atoms with E-state index in [9.17, 15) is 4.79 Å². The topological polar surface area (TPSA) is 57.0 Å². The number of halogens is 1. The fourth-order valence-corrected chi connectivity index (χ4v) is 2.37. The van der Waals surface area contributed by atoms with Crippen LogP contribution < -0.4 is 0 Å². The summed E-state index contributed by atoms with van der Waals surface area (Å²) in [4.78, 5) is 12.1. The SMILES string of the molecule is CCOC(=O)C(C)(C)c1nnc(-c2ccccc2Cl)n1C. The summed E-state index contributed by atoms with van der Waals surface area (Å²) in [6.07, 6.45) is 0. The van der Waals surface area contributed by atoms with Gasteiger partial charge in [0.05, 0.1) is 11.6 Å². The fraction of sp³-hybridized carbons (Fsp3) is 0.400. The average molecular weight is 308 g/mol. The van der Waals surface area contributed by atoms with Crippen LogP contribution in [0.5, 0.6) is 0 Å². The molecule has 0 atom stereocenters. The molecule has 2 aromatic rings. The number of carbonyl (C=O) groups excluding carboxylic acids is 1. The van der Waals surface area contributed by atoms with Crippen molar-refractivity contribution in [3.05, 3.63) is 35.1 Å². The number of hydrogen-bond acceptors (Lipinski definition) is 4. The van der Waals surface area contributed by atoms with Crippen LogP contribution in [0.3, 0.4) is 0 Å². The Labute approximate surface area is 128 Å². The first-order valence-corrected chi connectivity index (χ1v) is 7.09. The third-order valence-corrected chi connectivity index (χ3v) is 3.66. The molecule has 0 fully saturated rings. The number of nitrogens with zero attached hydrogens (tertiary/aromatic N) is 3. The van der Waals surface area contributed by atoms with Crippen molar-refractivity contribution in [2.45, 2.75) is 26.2 Å². The van der Waals surface area contributed by atoms with E-state index in [4.69, 9.17) is 16.3 Å². The maximum Gasteiger partial charge on any atom is 0.319 e. The molecule has 0 aliphatic carbocycles. The predicted molar refractivity (Wildman–Crippen MR) is 81.1 cm³/mol. The molecular weight excluding hydrogens is 290 g/mol. The van der Waals surface area contributed by atoms with Crippen LogP contribution in [0.4, 0.5) is 0 Å². The Hall–Kier alpha value is -1.88. The first-order chi connectivity index (χ1) is 9.89. The molecule has 1 aromatic carbocycles. The Kier molecular flexibility index (Phi) is 4.32. The van der Waals surface area contributed by atoms with E-state index in [1.807, 2.05) is 25.2 Å². The van der Waals surface area contributed by atoms with Gasteiger partial charge in [0.25, 0.3) is 0 Å². The maximum absolute atomic E-state index is 12.1. The van der Waals surface area contributed by atoms with Crippen LogP contribution in [0.15, 0.2) is 24.3 Å². The molecule has 0 saturated carbocycles. The van der Waals surface area contributed by atoms with E-state index < -0.39 is 5.41 Å². The summed E-state index contributed by atoms with van der Waals surface area (Å²) in [6, 6.07) is 7.40. The number of ether oxygens (including phenoxy) is 1. The lowest BCUT2D eigenvalue weighted by atomic mass is 9.92. The van der Waals surface area contributed by atoms with E-state index in [1.54, 1.807) is 31.4 Å². The molecule has 1 heterocycles. The zero-order chi connectivity index (χ0) is 15.6.